The molecule has 0 radical (unpaired) electrons. The molecule has 0 atom stereocenters. The summed E-state index contributed by atoms with van der Waals surface area (Å²) < 4.78 is 43.9. The van der Waals surface area contributed by atoms with Gasteiger partial charge in [-0.05, 0) is 42.3 Å². The highest BCUT2D eigenvalue weighted by molar-refractivity contribution is 5.84. The zero-order chi connectivity index (χ0) is 20.5. The van der Waals surface area contributed by atoms with Crippen LogP contribution in [0.3, 0.4) is 0 Å². The van der Waals surface area contributed by atoms with Crippen LogP contribution in [0.2, 0.25) is 0 Å². The maximum Gasteiger partial charge on any atom is 0.416 e. The average molecular weight is 383 g/mol. The first kappa shape index (κ1) is 19.2. The van der Waals surface area contributed by atoms with Gasteiger partial charge in [0, 0.05) is 11.1 Å². The van der Waals surface area contributed by atoms with E-state index < -0.39 is 11.7 Å². The second kappa shape index (κ2) is 7.24. The highest BCUT2D eigenvalue weighted by Gasteiger charge is 2.30. The van der Waals surface area contributed by atoms with Gasteiger partial charge in [0.15, 0.2) is 0 Å². The number of nitriles is 1. The molecule has 0 aliphatic rings. The Labute approximate surface area is 160 Å². The van der Waals surface area contributed by atoms with E-state index in [-0.39, 0.29) is 11.4 Å². The van der Waals surface area contributed by atoms with Crippen molar-refractivity contribution in [3.8, 4) is 34.2 Å². The van der Waals surface area contributed by atoms with Crippen LogP contribution in [-0.2, 0) is 6.18 Å². The smallest absolute Gasteiger partial charge is 0.416 e. The van der Waals surface area contributed by atoms with Crippen LogP contribution in [0.15, 0.2) is 48.5 Å². The average Bonchev–Trinajstić information content (AvgIpc) is 2.68. The molecule has 0 aliphatic carbocycles. The van der Waals surface area contributed by atoms with Crippen molar-refractivity contribution in [2.24, 2.45) is 0 Å². The van der Waals surface area contributed by atoms with Crippen molar-refractivity contribution in [1.29, 1.82) is 5.26 Å². The van der Waals surface area contributed by atoms with E-state index in [0.29, 0.717) is 28.1 Å². The van der Waals surface area contributed by atoms with E-state index in [1.807, 2.05) is 12.1 Å². The SMILES string of the molecule is COc1cccc(-c2nc(N)c(C#N)c(-c3ccc(C(F)(F)F)cc3)c2C)c1. The minimum Gasteiger partial charge on any atom is -0.497 e. The second-order valence-corrected chi connectivity index (χ2v) is 6.14. The van der Waals surface area contributed by atoms with Crippen LogP contribution < -0.4 is 10.5 Å². The Balaban J connectivity index is 2.23. The largest absolute Gasteiger partial charge is 0.497 e. The van der Waals surface area contributed by atoms with E-state index in [1.54, 1.807) is 32.2 Å². The fraction of sp³-hybridized carbons (Fsp3) is 0.143. The second-order valence-electron chi connectivity index (χ2n) is 6.14. The first-order valence-corrected chi connectivity index (χ1v) is 8.28. The molecule has 3 aromatic rings. The van der Waals surface area contributed by atoms with Crippen LogP contribution in [0.5, 0.6) is 5.75 Å². The number of rotatable bonds is 3. The molecule has 0 unspecified atom stereocenters. The number of hydrogen-bond acceptors (Lipinski definition) is 4. The third-order valence-corrected chi connectivity index (χ3v) is 4.42. The number of nitrogen functional groups attached to an aromatic ring is 1. The maximum atomic E-state index is 12.9. The molecule has 0 fully saturated rings. The lowest BCUT2D eigenvalue weighted by Gasteiger charge is -2.16. The van der Waals surface area contributed by atoms with Gasteiger partial charge in [-0.1, -0.05) is 24.3 Å². The van der Waals surface area contributed by atoms with Crippen molar-refractivity contribution in [1.82, 2.24) is 4.98 Å². The van der Waals surface area contributed by atoms with Crippen LogP contribution >= 0.6 is 0 Å². The Bertz CT molecular complexity index is 1070. The normalized spacial score (nSPS) is 11.1. The van der Waals surface area contributed by atoms with Gasteiger partial charge in [0.05, 0.1) is 18.4 Å². The molecule has 0 amide bonds. The molecule has 2 aromatic carbocycles. The molecule has 1 aromatic heterocycles. The summed E-state index contributed by atoms with van der Waals surface area (Å²) in [7, 11) is 1.54. The molecule has 1 heterocycles. The number of hydrogen-bond donors (Lipinski definition) is 1. The number of ether oxygens (including phenoxy) is 1. The third-order valence-electron chi connectivity index (χ3n) is 4.42. The number of methoxy groups -OCH3 is 1. The highest BCUT2D eigenvalue weighted by atomic mass is 19.4. The molecule has 0 saturated heterocycles. The fourth-order valence-corrected chi connectivity index (χ4v) is 3.05. The minimum atomic E-state index is -4.44. The molecule has 7 heteroatoms. The number of anilines is 1. The Morgan fingerprint density at radius 1 is 1.07 bits per heavy atom. The van der Waals surface area contributed by atoms with E-state index in [2.05, 4.69) is 4.98 Å². The van der Waals surface area contributed by atoms with Gasteiger partial charge in [-0.2, -0.15) is 18.4 Å². The Kier molecular flexibility index (Phi) is 4.97. The Hall–Kier alpha value is -3.53. The monoisotopic (exact) mass is 383 g/mol. The Morgan fingerprint density at radius 3 is 2.32 bits per heavy atom. The van der Waals surface area contributed by atoms with Crippen LogP contribution in [0.25, 0.3) is 22.4 Å². The van der Waals surface area contributed by atoms with Crippen LogP contribution in [0.1, 0.15) is 16.7 Å². The fourth-order valence-electron chi connectivity index (χ4n) is 3.05. The van der Waals surface area contributed by atoms with Crippen molar-refractivity contribution in [2.45, 2.75) is 13.1 Å². The van der Waals surface area contributed by atoms with Gasteiger partial charge in [-0.15, -0.1) is 0 Å². The van der Waals surface area contributed by atoms with E-state index in [4.69, 9.17) is 10.5 Å². The molecule has 0 spiro atoms. The van der Waals surface area contributed by atoms with Crippen LogP contribution in [0, 0.1) is 18.3 Å². The van der Waals surface area contributed by atoms with Gasteiger partial charge in [0.2, 0.25) is 0 Å². The van der Waals surface area contributed by atoms with Crippen molar-refractivity contribution in [3.05, 3.63) is 65.2 Å². The number of aromatic nitrogens is 1. The Morgan fingerprint density at radius 2 is 1.75 bits per heavy atom. The van der Waals surface area contributed by atoms with E-state index >= 15 is 0 Å². The lowest BCUT2D eigenvalue weighted by atomic mass is 9.92. The van der Waals surface area contributed by atoms with Gasteiger partial charge in [-0.3, -0.25) is 0 Å². The van der Waals surface area contributed by atoms with Crippen LogP contribution in [-0.4, -0.2) is 12.1 Å². The van der Waals surface area contributed by atoms with Crippen molar-refractivity contribution >= 4 is 5.82 Å². The van der Waals surface area contributed by atoms with Crippen molar-refractivity contribution < 1.29 is 17.9 Å². The van der Waals surface area contributed by atoms with Gasteiger partial charge < -0.3 is 10.5 Å². The van der Waals surface area contributed by atoms with Crippen molar-refractivity contribution in [3.63, 3.8) is 0 Å². The highest BCUT2D eigenvalue weighted by Crippen LogP contribution is 2.38. The summed E-state index contributed by atoms with van der Waals surface area (Å²) in [5.41, 5.74) is 8.18. The van der Waals surface area contributed by atoms with E-state index in [9.17, 15) is 18.4 Å². The van der Waals surface area contributed by atoms with Crippen LogP contribution in [0.4, 0.5) is 19.0 Å². The number of nitrogens with zero attached hydrogens (tertiary/aromatic N) is 2. The topological polar surface area (TPSA) is 71.9 Å². The summed E-state index contributed by atoms with van der Waals surface area (Å²) in [5.74, 6) is 0.638. The molecule has 4 nitrogen and oxygen atoms in total. The summed E-state index contributed by atoms with van der Waals surface area (Å²) in [4.78, 5) is 4.35. The predicted molar refractivity (Wildman–Crippen MR) is 101 cm³/mol. The van der Waals surface area contributed by atoms with E-state index in [1.165, 1.54) is 12.1 Å². The molecular weight excluding hydrogens is 367 g/mol. The predicted octanol–water partition coefficient (Wildman–Crippen LogP) is 5.21. The van der Waals surface area contributed by atoms with Gasteiger partial charge >= 0.3 is 6.18 Å². The van der Waals surface area contributed by atoms with Gasteiger partial charge in [0.1, 0.15) is 23.2 Å². The quantitative estimate of drug-likeness (QED) is 0.674. The number of benzene rings is 2. The number of pyridine rings is 1. The summed E-state index contributed by atoms with van der Waals surface area (Å²) in [6.45, 7) is 1.76. The van der Waals surface area contributed by atoms with Gasteiger partial charge in [0.25, 0.3) is 0 Å². The number of nitrogens with two attached hydrogens (primary N) is 1. The number of alkyl halides is 3. The lowest BCUT2D eigenvalue weighted by Crippen LogP contribution is -2.05. The molecule has 142 valence electrons. The summed E-state index contributed by atoms with van der Waals surface area (Å²) in [6.07, 6.45) is -4.44. The summed E-state index contributed by atoms with van der Waals surface area (Å²) in [5, 5.41) is 9.54. The van der Waals surface area contributed by atoms with Crippen molar-refractivity contribution in [2.75, 3.05) is 12.8 Å². The summed E-state index contributed by atoms with van der Waals surface area (Å²) in [6, 6.07) is 13.8. The standard InChI is InChI=1S/C21H16F3N3O/c1-12-18(13-6-8-15(9-7-13)21(22,23)24)17(11-25)20(26)27-19(12)14-4-3-5-16(10-14)28-2/h3-10H,1-2H3,(H2,26,27). The molecule has 28 heavy (non-hydrogen) atoms. The minimum absolute atomic E-state index is 0.0146. The number of halogens is 3. The first-order chi connectivity index (χ1) is 13.3. The molecule has 0 bridgehead atoms. The zero-order valence-corrected chi connectivity index (χ0v) is 15.1. The summed E-state index contributed by atoms with van der Waals surface area (Å²) >= 11 is 0. The first-order valence-electron chi connectivity index (χ1n) is 8.28. The molecule has 0 saturated carbocycles. The van der Waals surface area contributed by atoms with E-state index in [0.717, 1.165) is 17.7 Å². The zero-order valence-electron chi connectivity index (χ0n) is 15.1. The molecule has 2 N–H and O–H groups in total. The molecule has 3 rings (SSSR count). The molecule has 0 aliphatic heterocycles. The maximum absolute atomic E-state index is 12.9. The lowest BCUT2D eigenvalue weighted by molar-refractivity contribution is -0.137. The molecular formula is C21H16F3N3O. The van der Waals surface area contributed by atoms with Gasteiger partial charge in [-0.25, -0.2) is 4.98 Å². The third kappa shape index (κ3) is 3.49.